The van der Waals surface area contributed by atoms with Gasteiger partial charge < -0.3 is 24.4 Å². The Hall–Kier alpha value is -2.17. The summed E-state index contributed by atoms with van der Waals surface area (Å²) in [6.45, 7) is 5.74. The summed E-state index contributed by atoms with van der Waals surface area (Å²) in [5.41, 5.74) is 3.31. The van der Waals surface area contributed by atoms with Gasteiger partial charge in [-0.25, -0.2) is 0 Å². The van der Waals surface area contributed by atoms with Gasteiger partial charge in [0.1, 0.15) is 17.2 Å². The number of hydrogen-bond donors (Lipinski definition) is 1. The summed E-state index contributed by atoms with van der Waals surface area (Å²) in [6.07, 6.45) is 2.79. The minimum atomic E-state index is 0. The number of nitrogens with zero attached hydrogens (tertiary/aromatic N) is 4. The van der Waals surface area contributed by atoms with Crippen molar-refractivity contribution in [2.24, 2.45) is 12.0 Å². The Kier molecular flexibility index (Phi) is 10.9. The summed E-state index contributed by atoms with van der Waals surface area (Å²) in [5.74, 6) is 3.38. The van der Waals surface area contributed by atoms with E-state index in [0.29, 0.717) is 24.6 Å². The van der Waals surface area contributed by atoms with Crippen LogP contribution in [0.1, 0.15) is 36.6 Å². The van der Waals surface area contributed by atoms with Crippen LogP contribution in [0.5, 0.6) is 17.2 Å². The maximum absolute atomic E-state index is 5.54. The summed E-state index contributed by atoms with van der Waals surface area (Å²) in [5, 5.41) is 8.03. The number of aromatic nitrogens is 2. The Balaban J connectivity index is 0.00000480. The Morgan fingerprint density at radius 2 is 1.77 bits per heavy atom. The van der Waals surface area contributed by atoms with Gasteiger partial charge in [-0.2, -0.15) is 5.10 Å². The van der Waals surface area contributed by atoms with Crippen LogP contribution in [0.15, 0.2) is 23.3 Å². The van der Waals surface area contributed by atoms with Crippen LogP contribution in [0.2, 0.25) is 0 Å². The number of nitrogens with one attached hydrogen (secondary N) is 1. The molecule has 174 valence electrons. The summed E-state index contributed by atoms with van der Waals surface area (Å²) in [4.78, 5) is 6.53. The smallest absolute Gasteiger partial charge is 0.193 e. The third kappa shape index (κ3) is 6.91. The molecule has 2 rings (SSSR count). The average molecular weight is 545 g/mol. The van der Waals surface area contributed by atoms with Crippen molar-refractivity contribution in [3.8, 4) is 17.2 Å². The van der Waals surface area contributed by atoms with Crippen molar-refractivity contribution < 1.29 is 14.2 Å². The van der Waals surface area contributed by atoms with Gasteiger partial charge in [-0.15, -0.1) is 24.0 Å². The standard InChI is InChI=1S/C22H35N5O3.HI/c1-15(2)21-16(14-27(5)25-21)13-26(4)22(23-3)24-10-9-18-19(29-7)11-17(28-6)12-20(18)30-8;/h11-12,14-15H,9-10,13H2,1-8H3,(H,23,24);1H. The predicted molar refractivity (Wildman–Crippen MR) is 135 cm³/mol. The Morgan fingerprint density at radius 3 is 2.26 bits per heavy atom. The van der Waals surface area contributed by atoms with Gasteiger partial charge in [-0.05, 0) is 12.3 Å². The molecule has 0 radical (unpaired) electrons. The molecule has 2 aromatic rings. The largest absolute Gasteiger partial charge is 0.496 e. The molecular formula is C22H36IN5O3. The van der Waals surface area contributed by atoms with Crippen LogP contribution in [-0.2, 0) is 20.0 Å². The Labute approximate surface area is 203 Å². The van der Waals surface area contributed by atoms with E-state index in [1.165, 1.54) is 5.56 Å². The lowest BCUT2D eigenvalue weighted by Crippen LogP contribution is -2.39. The first-order valence-corrected chi connectivity index (χ1v) is 10.1. The van der Waals surface area contributed by atoms with E-state index in [-0.39, 0.29) is 24.0 Å². The number of halogens is 1. The Bertz CT molecular complexity index is 842. The van der Waals surface area contributed by atoms with Crippen molar-refractivity contribution in [2.75, 3.05) is 42.0 Å². The molecule has 0 aliphatic heterocycles. The lowest BCUT2D eigenvalue weighted by molar-refractivity contribution is 0.368. The second kappa shape index (κ2) is 12.6. The molecule has 0 fully saturated rings. The minimum Gasteiger partial charge on any atom is -0.496 e. The monoisotopic (exact) mass is 545 g/mol. The predicted octanol–water partition coefficient (Wildman–Crippen LogP) is 3.44. The fourth-order valence-corrected chi connectivity index (χ4v) is 3.50. The van der Waals surface area contributed by atoms with Crippen LogP contribution >= 0.6 is 24.0 Å². The number of hydrogen-bond acceptors (Lipinski definition) is 5. The van der Waals surface area contributed by atoms with Crippen molar-refractivity contribution in [3.63, 3.8) is 0 Å². The molecule has 0 saturated heterocycles. The van der Waals surface area contributed by atoms with E-state index in [0.717, 1.165) is 35.3 Å². The molecule has 0 spiro atoms. The molecule has 8 nitrogen and oxygen atoms in total. The topological polar surface area (TPSA) is 73.1 Å². The molecule has 0 saturated carbocycles. The third-order valence-corrected chi connectivity index (χ3v) is 4.94. The van der Waals surface area contributed by atoms with Crippen molar-refractivity contribution >= 4 is 29.9 Å². The van der Waals surface area contributed by atoms with Crippen molar-refractivity contribution in [2.45, 2.75) is 32.7 Å². The summed E-state index contributed by atoms with van der Waals surface area (Å²) < 4.78 is 18.3. The van der Waals surface area contributed by atoms with Crippen molar-refractivity contribution in [3.05, 3.63) is 35.2 Å². The maximum Gasteiger partial charge on any atom is 0.193 e. The van der Waals surface area contributed by atoms with Gasteiger partial charge in [-0.1, -0.05) is 13.8 Å². The molecule has 0 aliphatic carbocycles. The molecule has 9 heteroatoms. The molecule has 0 unspecified atom stereocenters. The van der Waals surface area contributed by atoms with E-state index in [1.807, 2.05) is 30.9 Å². The van der Waals surface area contributed by atoms with E-state index >= 15 is 0 Å². The zero-order valence-corrected chi connectivity index (χ0v) is 22.2. The van der Waals surface area contributed by atoms with E-state index in [4.69, 9.17) is 14.2 Å². The maximum atomic E-state index is 5.54. The highest BCUT2D eigenvalue weighted by molar-refractivity contribution is 14.0. The highest BCUT2D eigenvalue weighted by Gasteiger charge is 2.16. The van der Waals surface area contributed by atoms with E-state index < -0.39 is 0 Å². The molecule has 1 N–H and O–H groups in total. The number of guanidine groups is 1. The summed E-state index contributed by atoms with van der Waals surface area (Å²) in [7, 11) is 10.7. The van der Waals surface area contributed by atoms with Gasteiger partial charge in [0, 0.05) is 63.7 Å². The van der Waals surface area contributed by atoms with Gasteiger partial charge >= 0.3 is 0 Å². The molecule has 1 aromatic heterocycles. The highest BCUT2D eigenvalue weighted by Crippen LogP contribution is 2.34. The summed E-state index contributed by atoms with van der Waals surface area (Å²) >= 11 is 0. The first-order valence-electron chi connectivity index (χ1n) is 10.1. The van der Waals surface area contributed by atoms with Crippen molar-refractivity contribution in [1.29, 1.82) is 0 Å². The molecule has 1 aromatic carbocycles. The van der Waals surface area contributed by atoms with Crippen LogP contribution in [0.3, 0.4) is 0 Å². The van der Waals surface area contributed by atoms with Gasteiger partial charge in [0.05, 0.1) is 27.0 Å². The SMILES string of the molecule is CN=C(NCCc1c(OC)cc(OC)cc1OC)N(C)Cc1cn(C)nc1C(C)C.I. The first-order chi connectivity index (χ1) is 14.3. The highest BCUT2D eigenvalue weighted by atomic mass is 127. The third-order valence-electron chi connectivity index (χ3n) is 4.94. The molecule has 0 atom stereocenters. The number of methoxy groups -OCH3 is 3. The molecule has 1 heterocycles. The number of rotatable bonds is 9. The van der Waals surface area contributed by atoms with Crippen LogP contribution in [0.4, 0.5) is 0 Å². The van der Waals surface area contributed by atoms with Crippen LogP contribution in [-0.4, -0.2) is 62.6 Å². The van der Waals surface area contributed by atoms with Crippen LogP contribution in [0.25, 0.3) is 0 Å². The number of benzene rings is 1. The van der Waals surface area contributed by atoms with Gasteiger partial charge in [0.25, 0.3) is 0 Å². The average Bonchev–Trinajstić information content (AvgIpc) is 3.10. The normalized spacial score (nSPS) is 11.2. The van der Waals surface area contributed by atoms with Gasteiger partial charge in [0.15, 0.2) is 5.96 Å². The van der Waals surface area contributed by atoms with E-state index in [9.17, 15) is 0 Å². The summed E-state index contributed by atoms with van der Waals surface area (Å²) in [6, 6.07) is 3.74. The first kappa shape index (κ1) is 26.9. The number of aliphatic imine (C=N–C) groups is 1. The number of aryl methyl sites for hydroxylation is 1. The Morgan fingerprint density at radius 1 is 1.16 bits per heavy atom. The fraction of sp³-hybridized carbons (Fsp3) is 0.545. The van der Waals surface area contributed by atoms with Gasteiger partial charge in [-0.3, -0.25) is 9.67 Å². The quantitative estimate of drug-likeness (QED) is 0.296. The lowest BCUT2D eigenvalue weighted by atomic mass is 10.1. The molecule has 0 amide bonds. The minimum absolute atomic E-state index is 0. The van der Waals surface area contributed by atoms with E-state index in [2.05, 4.69) is 40.4 Å². The zero-order chi connectivity index (χ0) is 22.3. The van der Waals surface area contributed by atoms with Crippen LogP contribution < -0.4 is 19.5 Å². The fourth-order valence-electron chi connectivity index (χ4n) is 3.50. The zero-order valence-electron chi connectivity index (χ0n) is 19.9. The second-order valence-electron chi connectivity index (χ2n) is 7.46. The van der Waals surface area contributed by atoms with Crippen molar-refractivity contribution in [1.82, 2.24) is 20.0 Å². The molecular weight excluding hydrogens is 509 g/mol. The molecule has 0 bridgehead atoms. The van der Waals surface area contributed by atoms with Gasteiger partial charge in [0.2, 0.25) is 0 Å². The van der Waals surface area contributed by atoms with Crippen LogP contribution in [0, 0.1) is 0 Å². The number of ether oxygens (including phenoxy) is 3. The van der Waals surface area contributed by atoms with E-state index in [1.54, 1.807) is 28.4 Å². The lowest BCUT2D eigenvalue weighted by Gasteiger charge is -2.23. The molecule has 31 heavy (non-hydrogen) atoms. The molecule has 0 aliphatic rings. The second-order valence-corrected chi connectivity index (χ2v) is 7.46.